The minimum absolute atomic E-state index is 0.488. The van der Waals surface area contributed by atoms with Crippen molar-refractivity contribution < 1.29 is 9.47 Å². The van der Waals surface area contributed by atoms with Gasteiger partial charge in [0.1, 0.15) is 6.61 Å². The fourth-order valence-corrected chi connectivity index (χ4v) is 2.47. The first-order chi connectivity index (χ1) is 11.2. The lowest BCUT2D eigenvalue weighted by Gasteiger charge is -2.14. The first-order valence-corrected chi connectivity index (χ1v) is 8.36. The standard InChI is InChI=1S/C19H24ClNO2/c1-3-4-10-21-13-16-11-18(22-2)19(12-17(16)20)23-14-15-8-6-5-7-9-15/h5-9,11-12,21H,3-4,10,13-14H2,1-2H3. The fourth-order valence-electron chi connectivity index (χ4n) is 2.25. The number of hydrogen-bond acceptors (Lipinski definition) is 3. The van der Waals surface area contributed by atoms with Gasteiger partial charge in [0.15, 0.2) is 11.5 Å². The van der Waals surface area contributed by atoms with Crippen LogP contribution in [0.2, 0.25) is 5.02 Å². The van der Waals surface area contributed by atoms with Crippen LogP contribution in [0.5, 0.6) is 11.5 Å². The van der Waals surface area contributed by atoms with Gasteiger partial charge >= 0.3 is 0 Å². The second kappa shape index (κ2) is 9.43. The summed E-state index contributed by atoms with van der Waals surface area (Å²) in [5, 5.41) is 4.08. The van der Waals surface area contributed by atoms with Crippen molar-refractivity contribution in [2.75, 3.05) is 13.7 Å². The third kappa shape index (κ3) is 5.45. The molecule has 2 aromatic carbocycles. The Kier molecular flexibility index (Phi) is 7.24. The second-order valence-electron chi connectivity index (χ2n) is 5.40. The third-order valence-corrected chi connectivity index (χ3v) is 3.94. The molecule has 2 aromatic rings. The molecular weight excluding hydrogens is 310 g/mol. The lowest BCUT2D eigenvalue weighted by atomic mass is 10.2. The van der Waals surface area contributed by atoms with E-state index >= 15 is 0 Å². The Morgan fingerprint density at radius 3 is 2.57 bits per heavy atom. The molecule has 0 saturated heterocycles. The maximum atomic E-state index is 6.38. The van der Waals surface area contributed by atoms with Gasteiger partial charge in [-0.3, -0.25) is 0 Å². The van der Waals surface area contributed by atoms with Gasteiger partial charge in [-0.05, 0) is 30.2 Å². The number of hydrogen-bond donors (Lipinski definition) is 1. The summed E-state index contributed by atoms with van der Waals surface area (Å²) >= 11 is 6.38. The van der Waals surface area contributed by atoms with Crippen LogP contribution in [0.3, 0.4) is 0 Å². The quantitative estimate of drug-likeness (QED) is 0.667. The molecule has 0 atom stereocenters. The molecule has 0 heterocycles. The van der Waals surface area contributed by atoms with Crippen molar-refractivity contribution in [3.05, 3.63) is 58.6 Å². The van der Waals surface area contributed by atoms with Gasteiger partial charge in [-0.1, -0.05) is 55.3 Å². The Bertz CT molecular complexity index is 602. The first-order valence-electron chi connectivity index (χ1n) is 7.98. The zero-order valence-corrected chi connectivity index (χ0v) is 14.5. The van der Waals surface area contributed by atoms with E-state index in [-0.39, 0.29) is 0 Å². The topological polar surface area (TPSA) is 30.5 Å². The van der Waals surface area contributed by atoms with Crippen molar-refractivity contribution >= 4 is 11.6 Å². The summed E-state index contributed by atoms with van der Waals surface area (Å²) < 4.78 is 11.3. The Morgan fingerprint density at radius 2 is 1.87 bits per heavy atom. The Hall–Kier alpha value is -1.71. The van der Waals surface area contributed by atoms with Gasteiger partial charge in [0.25, 0.3) is 0 Å². The SMILES string of the molecule is CCCCNCc1cc(OC)c(OCc2ccccc2)cc1Cl. The number of rotatable bonds is 9. The van der Waals surface area contributed by atoms with E-state index < -0.39 is 0 Å². The molecule has 0 bridgehead atoms. The molecule has 23 heavy (non-hydrogen) atoms. The van der Waals surface area contributed by atoms with Crippen molar-refractivity contribution in [3.8, 4) is 11.5 Å². The van der Waals surface area contributed by atoms with E-state index in [4.69, 9.17) is 21.1 Å². The second-order valence-corrected chi connectivity index (χ2v) is 5.81. The molecule has 3 nitrogen and oxygen atoms in total. The van der Waals surface area contributed by atoms with Crippen molar-refractivity contribution in [1.82, 2.24) is 5.32 Å². The summed E-state index contributed by atoms with van der Waals surface area (Å²) in [6.45, 7) is 4.38. The molecule has 0 aliphatic heterocycles. The fraction of sp³-hybridized carbons (Fsp3) is 0.368. The summed E-state index contributed by atoms with van der Waals surface area (Å²) in [6.07, 6.45) is 2.34. The minimum Gasteiger partial charge on any atom is -0.493 e. The monoisotopic (exact) mass is 333 g/mol. The van der Waals surface area contributed by atoms with E-state index in [1.54, 1.807) is 7.11 Å². The average Bonchev–Trinajstić information content (AvgIpc) is 2.59. The lowest BCUT2D eigenvalue weighted by molar-refractivity contribution is 0.284. The molecule has 124 valence electrons. The highest BCUT2D eigenvalue weighted by atomic mass is 35.5. The predicted molar refractivity (Wildman–Crippen MR) is 95.4 cm³/mol. The smallest absolute Gasteiger partial charge is 0.163 e. The maximum Gasteiger partial charge on any atom is 0.163 e. The molecule has 0 aromatic heterocycles. The van der Waals surface area contributed by atoms with E-state index in [2.05, 4.69) is 12.2 Å². The van der Waals surface area contributed by atoms with Gasteiger partial charge in [0.2, 0.25) is 0 Å². The minimum atomic E-state index is 0.488. The van der Waals surface area contributed by atoms with E-state index in [1.165, 1.54) is 6.42 Å². The van der Waals surface area contributed by atoms with Crippen LogP contribution < -0.4 is 14.8 Å². The van der Waals surface area contributed by atoms with Crippen LogP contribution in [-0.2, 0) is 13.2 Å². The van der Waals surface area contributed by atoms with Gasteiger partial charge in [-0.25, -0.2) is 0 Å². The summed E-state index contributed by atoms with van der Waals surface area (Å²) in [4.78, 5) is 0. The van der Waals surface area contributed by atoms with Crippen LogP contribution in [0, 0.1) is 0 Å². The summed E-state index contributed by atoms with van der Waals surface area (Å²) in [7, 11) is 1.65. The van der Waals surface area contributed by atoms with Crippen LogP contribution in [-0.4, -0.2) is 13.7 Å². The van der Waals surface area contributed by atoms with Gasteiger partial charge in [-0.2, -0.15) is 0 Å². The number of benzene rings is 2. The average molecular weight is 334 g/mol. The van der Waals surface area contributed by atoms with Crippen molar-refractivity contribution in [2.24, 2.45) is 0 Å². The van der Waals surface area contributed by atoms with Crippen LogP contribution >= 0.6 is 11.6 Å². The van der Waals surface area contributed by atoms with Gasteiger partial charge < -0.3 is 14.8 Å². The Morgan fingerprint density at radius 1 is 1.09 bits per heavy atom. The maximum absolute atomic E-state index is 6.38. The van der Waals surface area contributed by atoms with Crippen molar-refractivity contribution in [1.29, 1.82) is 0 Å². The highest BCUT2D eigenvalue weighted by molar-refractivity contribution is 6.31. The molecule has 0 amide bonds. The summed E-state index contributed by atoms with van der Waals surface area (Å²) in [6, 6.07) is 13.8. The number of ether oxygens (including phenoxy) is 2. The van der Waals surface area contributed by atoms with E-state index in [0.717, 1.165) is 30.6 Å². The van der Waals surface area contributed by atoms with Gasteiger partial charge in [0, 0.05) is 17.6 Å². The third-order valence-electron chi connectivity index (χ3n) is 3.59. The van der Waals surface area contributed by atoms with Gasteiger partial charge in [-0.15, -0.1) is 0 Å². The van der Waals surface area contributed by atoms with Crippen molar-refractivity contribution in [3.63, 3.8) is 0 Å². The van der Waals surface area contributed by atoms with Crippen LogP contribution in [0.4, 0.5) is 0 Å². The Labute approximate surface area is 143 Å². The molecule has 4 heteroatoms. The van der Waals surface area contributed by atoms with E-state index in [9.17, 15) is 0 Å². The van der Waals surface area contributed by atoms with Gasteiger partial charge in [0.05, 0.1) is 7.11 Å². The molecule has 2 rings (SSSR count). The molecular formula is C19H24ClNO2. The molecule has 0 aliphatic rings. The lowest BCUT2D eigenvalue weighted by Crippen LogP contribution is -2.14. The summed E-state index contributed by atoms with van der Waals surface area (Å²) in [5.41, 5.74) is 2.13. The van der Waals surface area contributed by atoms with E-state index in [1.807, 2.05) is 42.5 Å². The van der Waals surface area contributed by atoms with Crippen LogP contribution in [0.25, 0.3) is 0 Å². The molecule has 0 fully saturated rings. The number of halogens is 1. The van der Waals surface area contributed by atoms with Crippen LogP contribution in [0.1, 0.15) is 30.9 Å². The largest absolute Gasteiger partial charge is 0.493 e. The van der Waals surface area contributed by atoms with Crippen LogP contribution in [0.15, 0.2) is 42.5 Å². The van der Waals surface area contributed by atoms with E-state index in [0.29, 0.717) is 23.1 Å². The molecule has 0 saturated carbocycles. The number of unbranched alkanes of at least 4 members (excludes halogenated alkanes) is 1. The molecule has 0 spiro atoms. The zero-order chi connectivity index (χ0) is 16.5. The highest BCUT2D eigenvalue weighted by Gasteiger charge is 2.10. The van der Waals surface area contributed by atoms with Crippen molar-refractivity contribution in [2.45, 2.75) is 32.9 Å². The predicted octanol–water partition coefficient (Wildman–Crippen LogP) is 4.82. The number of methoxy groups -OCH3 is 1. The summed E-state index contributed by atoms with van der Waals surface area (Å²) in [5.74, 6) is 1.37. The molecule has 0 aliphatic carbocycles. The number of nitrogens with one attached hydrogen (secondary N) is 1. The normalized spacial score (nSPS) is 10.6. The molecule has 1 N–H and O–H groups in total. The highest BCUT2D eigenvalue weighted by Crippen LogP contribution is 2.33. The first kappa shape index (κ1) is 17.6. The molecule has 0 radical (unpaired) electrons. The Balaban J connectivity index is 2.03. The molecule has 0 unspecified atom stereocenters. The zero-order valence-electron chi connectivity index (χ0n) is 13.8.